The van der Waals surface area contributed by atoms with E-state index >= 15 is 0 Å². The highest BCUT2D eigenvalue weighted by Gasteiger charge is 2.30. The molecule has 0 aromatic carbocycles. The van der Waals surface area contributed by atoms with Crippen molar-refractivity contribution in [1.29, 1.82) is 0 Å². The van der Waals surface area contributed by atoms with Crippen LogP contribution in [0.5, 0.6) is 0 Å². The standard InChI is InChI=1S/C17H20N6O/c1-2-8-18-15(24)12-5-4-9-22(10-12)16-13-6-3-7-14(13)21-17-19-11-20-23(16)17/h1,11-12H,3-10H2,(H,18,24)/t12-/m1/s1. The molecule has 1 aliphatic heterocycles. The lowest BCUT2D eigenvalue weighted by molar-refractivity contribution is -0.124. The highest BCUT2D eigenvalue weighted by molar-refractivity contribution is 5.80. The number of hydrogen-bond donors (Lipinski definition) is 1. The van der Waals surface area contributed by atoms with Crippen LogP contribution in [0.3, 0.4) is 0 Å². The lowest BCUT2D eigenvalue weighted by Crippen LogP contribution is -2.44. The Labute approximate surface area is 140 Å². The van der Waals surface area contributed by atoms with Gasteiger partial charge in [-0.15, -0.1) is 6.42 Å². The number of anilines is 1. The second-order valence-electron chi connectivity index (χ2n) is 6.39. The van der Waals surface area contributed by atoms with Crippen molar-refractivity contribution in [2.45, 2.75) is 32.1 Å². The summed E-state index contributed by atoms with van der Waals surface area (Å²) in [5, 5.41) is 7.17. The van der Waals surface area contributed by atoms with E-state index in [0.717, 1.165) is 50.2 Å². The van der Waals surface area contributed by atoms with Crippen LogP contribution < -0.4 is 10.2 Å². The van der Waals surface area contributed by atoms with Crippen molar-refractivity contribution >= 4 is 17.5 Å². The first-order valence-electron chi connectivity index (χ1n) is 8.45. The fourth-order valence-corrected chi connectivity index (χ4v) is 3.79. The number of amides is 1. The molecule has 24 heavy (non-hydrogen) atoms. The van der Waals surface area contributed by atoms with Crippen molar-refractivity contribution < 1.29 is 4.79 Å². The number of aromatic nitrogens is 4. The highest BCUT2D eigenvalue weighted by atomic mass is 16.1. The van der Waals surface area contributed by atoms with Gasteiger partial charge in [-0.25, -0.2) is 4.98 Å². The van der Waals surface area contributed by atoms with E-state index in [2.05, 4.69) is 31.2 Å². The maximum Gasteiger partial charge on any atom is 0.254 e. The van der Waals surface area contributed by atoms with Crippen molar-refractivity contribution in [2.24, 2.45) is 5.92 Å². The van der Waals surface area contributed by atoms with Crippen molar-refractivity contribution in [2.75, 3.05) is 24.5 Å². The van der Waals surface area contributed by atoms with Gasteiger partial charge < -0.3 is 10.2 Å². The van der Waals surface area contributed by atoms with Gasteiger partial charge in [-0.2, -0.15) is 14.6 Å². The quantitative estimate of drug-likeness (QED) is 0.836. The van der Waals surface area contributed by atoms with Gasteiger partial charge in [0.05, 0.1) is 18.2 Å². The Kier molecular flexibility index (Phi) is 3.81. The number of terminal acetylenes is 1. The van der Waals surface area contributed by atoms with Gasteiger partial charge in [-0.05, 0) is 32.1 Å². The number of rotatable bonds is 3. The van der Waals surface area contributed by atoms with E-state index in [0.29, 0.717) is 12.3 Å². The number of aryl methyl sites for hydroxylation is 1. The third kappa shape index (κ3) is 2.48. The molecule has 1 fully saturated rings. The smallest absolute Gasteiger partial charge is 0.254 e. The predicted molar refractivity (Wildman–Crippen MR) is 89.6 cm³/mol. The zero-order chi connectivity index (χ0) is 16.5. The Bertz CT molecular complexity index is 820. The van der Waals surface area contributed by atoms with Gasteiger partial charge in [-0.1, -0.05) is 5.92 Å². The molecule has 3 heterocycles. The molecule has 0 spiro atoms. The molecule has 1 atom stereocenters. The van der Waals surface area contributed by atoms with Crippen LogP contribution in [0, 0.1) is 18.3 Å². The van der Waals surface area contributed by atoms with Gasteiger partial charge >= 0.3 is 0 Å². The van der Waals surface area contributed by atoms with Gasteiger partial charge in [0, 0.05) is 18.7 Å². The Morgan fingerprint density at radius 2 is 2.33 bits per heavy atom. The summed E-state index contributed by atoms with van der Waals surface area (Å²) in [7, 11) is 0. The third-order valence-corrected chi connectivity index (χ3v) is 4.88. The van der Waals surface area contributed by atoms with E-state index in [-0.39, 0.29) is 18.4 Å². The summed E-state index contributed by atoms with van der Waals surface area (Å²) in [6.07, 6.45) is 11.8. The summed E-state index contributed by atoms with van der Waals surface area (Å²) >= 11 is 0. The van der Waals surface area contributed by atoms with Crippen molar-refractivity contribution in [3.05, 3.63) is 17.6 Å². The van der Waals surface area contributed by atoms with E-state index in [4.69, 9.17) is 6.42 Å². The van der Waals surface area contributed by atoms with E-state index in [1.54, 1.807) is 6.33 Å². The van der Waals surface area contributed by atoms with Crippen LogP contribution in [0.25, 0.3) is 5.78 Å². The normalized spacial score (nSPS) is 20.0. The van der Waals surface area contributed by atoms with Gasteiger partial charge in [0.2, 0.25) is 5.91 Å². The van der Waals surface area contributed by atoms with E-state index in [1.807, 2.05) is 4.52 Å². The molecule has 7 nitrogen and oxygen atoms in total. The van der Waals surface area contributed by atoms with Crippen molar-refractivity contribution in [3.63, 3.8) is 0 Å². The fourth-order valence-electron chi connectivity index (χ4n) is 3.79. The molecular weight excluding hydrogens is 304 g/mol. The minimum absolute atomic E-state index is 0.0400. The molecule has 0 radical (unpaired) electrons. The minimum atomic E-state index is -0.0455. The molecule has 0 saturated carbocycles. The predicted octanol–water partition coefficient (Wildman–Crippen LogP) is 0.579. The molecule has 1 saturated heterocycles. The molecule has 0 bridgehead atoms. The fraction of sp³-hybridized carbons (Fsp3) is 0.529. The SMILES string of the molecule is C#CCNC(=O)[C@@H]1CCCN(c2c3c(nc4ncnn24)CCC3)C1. The molecule has 2 aromatic rings. The van der Waals surface area contributed by atoms with Crippen molar-refractivity contribution in [3.8, 4) is 12.3 Å². The molecular formula is C17H20N6O. The number of carbonyl (C=O) groups excluding carboxylic acids is 1. The number of fused-ring (bicyclic) bond motifs is 2. The monoisotopic (exact) mass is 324 g/mol. The number of nitrogens with zero attached hydrogens (tertiary/aromatic N) is 5. The molecule has 4 rings (SSSR count). The Hall–Kier alpha value is -2.62. The summed E-state index contributed by atoms with van der Waals surface area (Å²) in [6, 6.07) is 0. The minimum Gasteiger partial charge on any atom is -0.355 e. The summed E-state index contributed by atoms with van der Waals surface area (Å²) in [6.45, 7) is 1.89. The Morgan fingerprint density at radius 3 is 3.21 bits per heavy atom. The molecule has 2 aromatic heterocycles. The molecule has 2 aliphatic rings. The molecule has 7 heteroatoms. The molecule has 1 amide bonds. The summed E-state index contributed by atoms with van der Waals surface area (Å²) in [5.41, 5.74) is 2.39. The summed E-state index contributed by atoms with van der Waals surface area (Å²) in [4.78, 5) is 23.5. The molecule has 0 unspecified atom stereocenters. The lowest BCUT2D eigenvalue weighted by Gasteiger charge is -2.34. The van der Waals surface area contributed by atoms with E-state index < -0.39 is 0 Å². The van der Waals surface area contributed by atoms with Gasteiger partial charge in [0.25, 0.3) is 5.78 Å². The van der Waals surface area contributed by atoms with Crippen LogP contribution in [0.4, 0.5) is 5.82 Å². The van der Waals surface area contributed by atoms with Crippen LogP contribution in [-0.4, -0.2) is 45.1 Å². The first kappa shape index (κ1) is 14.9. The first-order valence-corrected chi connectivity index (χ1v) is 8.45. The number of piperidine rings is 1. The Balaban J connectivity index is 1.66. The second-order valence-corrected chi connectivity index (χ2v) is 6.39. The number of hydrogen-bond acceptors (Lipinski definition) is 5. The van der Waals surface area contributed by atoms with E-state index in [9.17, 15) is 4.79 Å². The zero-order valence-electron chi connectivity index (χ0n) is 13.5. The number of nitrogens with one attached hydrogen (secondary N) is 1. The average Bonchev–Trinajstić information content (AvgIpc) is 3.26. The topological polar surface area (TPSA) is 75.4 Å². The van der Waals surface area contributed by atoms with Crippen molar-refractivity contribution in [1.82, 2.24) is 24.9 Å². The summed E-state index contributed by atoms with van der Waals surface area (Å²) < 4.78 is 1.83. The van der Waals surface area contributed by atoms with Crippen LogP contribution in [-0.2, 0) is 17.6 Å². The highest BCUT2D eigenvalue weighted by Crippen LogP contribution is 2.32. The zero-order valence-corrected chi connectivity index (χ0v) is 13.5. The van der Waals surface area contributed by atoms with E-state index in [1.165, 1.54) is 5.56 Å². The average molecular weight is 324 g/mol. The van der Waals surface area contributed by atoms with Gasteiger partial charge in [-0.3, -0.25) is 4.79 Å². The number of carbonyl (C=O) groups is 1. The van der Waals surface area contributed by atoms with Crippen LogP contribution in [0.15, 0.2) is 6.33 Å². The lowest BCUT2D eigenvalue weighted by atomic mass is 9.96. The van der Waals surface area contributed by atoms with Crippen LogP contribution >= 0.6 is 0 Å². The maximum atomic E-state index is 12.3. The van der Waals surface area contributed by atoms with Crippen LogP contribution in [0.2, 0.25) is 0 Å². The molecule has 1 aliphatic carbocycles. The molecule has 1 N–H and O–H groups in total. The largest absolute Gasteiger partial charge is 0.355 e. The first-order chi connectivity index (χ1) is 11.8. The van der Waals surface area contributed by atoms with Gasteiger partial charge in [0.1, 0.15) is 12.1 Å². The molecule has 124 valence electrons. The summed E-state index contributed by atoms with van der Waals surface area (Å²) in [5.74, 6) is 4.17. The maximum absolute atomic E-state index is 12.3. The Morgan fingerprint density at radius 1 is 1.42 bits per heavy atom. The second kappa shape index (κ2) is 6.11. The van der Waals surface area contributed by atoms with Gasteiger partial charge in [0.15, 0.2) is 0 Å². The van der Waals surface area contributed by atoms with Crippen LogP contribution in [0.1, 0.15) is 30.5 Å². The third-order valence-electron chi connectivity index (χ3n) is 4.88.